The quantitative estimate of drug-likeness (QED) is 0.803. The van der Waals surface area contributed by atoms with Crippen LogP contribution in [0.2, 0.25) is 0 Å². The van der Waals surface area contributed by atoms with Gasteiger partial charge in [0.05, 0.1) is 5.69 Å². The Labute approximate surface area is 91.5 Å². The number of hydrogen-bond donors (Lipinski definition) is 1. The highest BCUT2D eigenvalue weighted by Gasteiger charge is 2.20. The molecule has 2 heterocycles. The van der Waals surface area contributed by atoms with Gasteiger partial charge in [-0.2, -0.15) is 0 Å². The van der Waals surface area contributed by atoms with Gasteiger partial charge in [0, 0.05) is 31.4 Å². The maximum atomic E-state index is 4.53. The number of hydrogen-bond acceptors (Lipinski definition) is 3. The Morgan fingerprint density at radius 3 is 3.07 bits per heavy atom. The number of aromatic nitrogens is 1. The number of aryl methyl sites for hydroxylation is 1. The van der Waals surface area contributed by atoms with E-state index in [0.29, 0.717) is 6.04 Å². The van der Waals surface area contributed by atoms with Crippen LogP contribution < -0.4 is 5.32 Å². The van der Waals surface area contributed by atoms with Crippen molar-refractivity contribution < 1.29 is 0 Å². The van der Waals surface area contributed by atoms with Crippen LogP contribution in [0, 0.1) is 6.92 Å². The standard InChI is InChI=1S/C12H19N3/c1-10-4-3-5-12(14-10)9-15-7-6-11(8-15)13-2/h3-5,11,13H,6-9H2,1-2H3. The van der Waals surface area contributed by atoms with Crippen molar-refractivity contribution in [1.29, 1.82) is 0 Å². The first-order chi connectivity index (χ1) is 7.28. The van der Waals surface area contributed by atoms with Gasteiger partial charge in [-0.15, -0.1) is 0 Å². The zero-order chi connectivity index (χ0) is 10.7. The number of nitrogens with one attached hydrogen (secondary N) is 1. The molecular formula is C12H19N3. The molecule has 1 atom stereocenters. The van der Waals surface area contributed by atoms with Crippen LogP contribution in [0.25, 0.3) is 0 Å². The molecule has 0 amide bonds. The average molecular weight is 205 g/mol. The van der Waals surface area contributed by atoms with Gasteiger partial charge in [0.15, 0.2) is 0 Å². The molecule has 1 fully saturated rings. The number of pyridine rings is 1. The Morgan fingerprint density at radius 2 is 2.40 bits per heavy atom. The predicted molar refractivity (Wildman–Crippen MR) is 61.7 cm³/mol. The Balaban J connectivity index is 1.92. The third-order valence-electron chi connectivity index (χ3n) is 3.01. The lowest BCUT2D eigenvalue weighted by atomic mass is 10.3. The van der Waals surface area contributed by atoms with E-state index < -0.39 is 0 Å². The van der Waals surface area contributed by atoms with Gasteiger partial charge >= 0.3 is 0 Å². The van der Waals surface area contributed by atoms with Crippen LogP contribution in [0.4, 0.5) is 0 Å². The molecule has 82 valence electrons. The van der Waals surface area contributed by atoms with E-state index in [1.54, 1.807) is 0 Å². The highest BCUT2D eigenvalue weighted by Crippen LogP contribution is 2.12. The minimum absolute atomic E-state index is 0.662. The van der Waals surface area contributed by atoms with Crippen molar-refractivity contribution in [2.75, 3.05) is 20.1 Å². The molecule has 0 aromatic carbocycles. The van der Waals surface area contributed by atoms with E-state index >= 15 is 0 Å². The molecule has 1 N–H and O–H groups in total. The minimum atomic E-state index is 0.662. The minimum Gasteiger partial charge on any atom is -0.316 e. The van der Waals surface area contributed by atoms with Gasteiger partial charge in [-0.05, 0) is 32.5 Å². The van der Waals surface area contributed by atoms with Crippen molar-refractivity contribution in [1.82, 2.24) is 15.2 Å². The van der Waals surface area contributed by atoms with Crippen molar-refractivity contribution in [2.45, 2.75) is 25.9 Å². The van der Waals surface area contributed by atoms with E-state index in [2.05, 4.69) is 27.3 Å². The van der Waals surface area contributed by atoms with Gasteiger partial charge in [-0.1, -0.05) is 6.07 Å². The molecule has 1 saturated heterocycles. The highest BCUT2D eigenvalue weighted by atomic mass is 15.2. The Morgan fingerprint density at radius 1 is 1.53 bits per heavy atom. The topological polar surface area (TPSA) is 28.2 Å². The van der Waals surface area contributed by atoms with E-state index in [0.717, 1.165) is 18.8 Å². The molecule has 15 heavy (non-hydrogen) atoms. The SMILES string of the molecule is CNC1CCN(Cc2cccc(C)n2)C1. The first-order valence-electron chi connectivity index (χ1n) is 5.60. The maximum Gasteiger partial charge on any atom is 0.0547 e. The summed E-state index contributed by atoms with van der Waals surface area (Å²) in [4.78, 5) is 6.99. The van der Waals surface area contributed by atoms with Crippen LogP contribution in [0.15, 0.2) is 18.2 Å². The molecule has 1 aromatic heterocycles. The van der Waals surface area contributed by atoms with Gasteiger partial charge < -0.3 is 5.32 Å². The van der Waals surface area contributed by atoms with Crippen molar-refractivity contribution in [2.24, 2.45) is 0 Å². The van der Waals surface area contributed by atoms with Gasteiger partial charge in [-0.25, -0.2) is 0 Å². The fourth-order valence-electron chi connectivity index (χ4n) is 2.13. The van der Waals surface area contributed by atoms with Crippen LogP contribution in [0.5, 0.6) is 0 Å². The Hall–Kier alpha value is -0.930. The second kappa shape index (κ2) is 4.73. The molecule has 3 heteroatoms. The van der Waals surface area contributed by atoms with Crippen LogP contribution in [-0.2, 0) is 6.54 Å². The molecule has 0 saturated carbocycles. The van der Waals surface area contributed by atoms with Crippen molar-refractivity contribution >= 4 is 0 Å². The lowest BCUT2D eigenvalue weighted by Gasteiger charge is -2.15. The summed E-state index contributed by atoms with van der Waals surface area (Å²) in [5, 5.41) is 3.33. The van der Waals surface area contributed by atoms with Crippen molar-refractivity contribution in [3.63, 3.8) is 0 Å². The molecule has 0 aliphatic carbocycles. The summed E-state index contributed by atoms with van der Waals surface area (Å²) in [6.45, 7) is 5.36. The molecule has 1 aliphatic heterocycles. The van der Waals surface area contributed by atoms with Gasteiger partial charge in [-0.3, -0.25) is 9.88 Å². The Bertz CT molecular complexity index is 324. The molecule has 2 rings (SSSR count). The predicted octanol–water partition coefficient (Wildman–Crippen LogP) is 1.18. The molecule has 1 unspecified atom stereocenters. The first-order valence-corrected chi connectivity index (χ1v) is 5.60. The maximum absolute atomic E-state index is 4.53. The normalized spacial score (nSPS) is 22.1. The van der Waals surface area contributed by atoms with Crippen LogP contribution in [-0.4, -0.2) is 36.1 Å². The van der Waals surface area contributed by atoms with Crippen molar-refractivity contribution in [3.05, 3.63) is 29.6 Å². The van der Waals surface area contributed by atoms with Crippen LogP contribution in [0.3, 0.4) is 0 Å². The number of likely N-dealkylation sites (tertiary alicyclic amines) is 1. The van der Waals surface area contributed by atoms with Crippen molar-refractivity contribution in [3.8, 4) is 0 Å². The summed E-state index contributed by atoms with van der Waals surface area (Å²) in [5.41, 5.74) is 2.30. The molecule has 3 nitrogen and oxygen atoms in total. The molecule has 0 spiro atoms. The molecule has 0 bridgehead atoms. The average Bonchev–Trinajstić information content (AvgIpc) is 2.65. The highest BCUT2D eigenvalue weighted by molar-refractivity contribution is 5.10. The number of nitrogens with zero attached hydrogens (tertiary/aromatic N) is 2. The molecule has 1 aliphatic rings. The summed E-state index contributed by atoms with van der Waals surface area (Å²) in [7, 11) is 2.04. The summed E-state index contributed by atoms with van der Waals surface area (Å²) >= 11 is 0. The Kier molecular flexibility index (Phi) is 3.34. The van der Waals surface area contributed by atoms with Crippen LogP contribution in [0.1, 0.15) is 17.8 Å². The van der Waals surface area contributed by atoms with Gasteiger partial charge in [0.1, 0.15) is 0 Å². The monoisotopic (exact) mass is 205 g/mol. The fraction of sp³-hybridized carbons (Fsp3) is 0.583. The molecule has 0 radical (unpaired) electrons. The summed E-state index contributed by atoms with van der Waals surface area (Å²) < 4.78 is 0. The number of rotatable bonds is 3. The van der Waals surface area contributed by atoms with Gasteiger partial charge in [0.2, 0.25) is 0 Å². The lowest BCUT2D eigenvalue weighted by Crippen LogP contribution is -2.29. The fourth-order valence-corrected chi connectivity index (χ4v) is 2.13. The molecular weight excluding hydrogens is 186 g/mol. The first kappa shape index (κ1) is 10.6. The second-order valence-corrected chi connectivity index (χ2v) is 4.28. The van der Waals surface area contributed by atoms with E-state index in [9.17, 15) is 0 Å². The largest absolute Gasteiger partial charge is 0.316 e. The van der Waals surface area contributed by atoms with E-state index in [1.165, 1.54) is 18.7 Å². The summed E-state index contributed by atoms with van der Waals surface area (Å²) in [6, 6.07) is 6.90. The van der Waals surface area contributed by atoms with E-state index in [4.69, 9.17) is 0 Å². The molecule has 1 aromatic rings. The zero-order valence-corrected chi connectivity index (χ0v) is 9.53. The third kappa shape index (κ3) is 2.76. The van der Waals surface area contributed by atoms with Gasteiger partial charge in [0.25, 0.3) is 0 Å². The second-order valence-electron chi connectivity index (χ2n) is 4.28. The lowest BCUT2D eigenvalue weighted by molar-refractivity contribution is 0.318. The third-order valence-corrected chi connectivity index (χ3v) is 3.01. The summed E-state index contributed by atoms with van der Waals surface area (Å²) in [5.74, 6) is 0. The number of likely N-dealkylation sites (N-methyl/N-ethyl adjacent to an activating group) is 1. The van der Waals surface area contributed by atoms with E-state index in [-0.39, 0.29) is 0 Å². The summed E-state index contributed by atoms with van der Waals surface area (Å²) in [6.07, 6.45) is 1.25. The van der Waals surface area contributed by atoms with E-state index in [1.807, 2.05) is 20.0 Å². The van der Waals surface area contributed by atoms with Crippen LogP contribution >= 0.6 is 0 Å². The smallest absolute Gasteiger partial charge is 0.0547 e. The zero-order valence-electron chi connectivity index (χ0n) is 9.53.